The van der Waals surface area contributed by atoms with E-state index in [9.17, 15) is 0 Å². The van der Waals surface area contributed by atoms with Crippen LogP contribution in [0.3, 0.4) is 0 Å². The van der Waals surface area contributed by atoms with Gasteiger partial charge in [-0.2, -0.15) is 5.10 Å². The van der Waals surface area contributed by atoms with Gasteiger partial charge in [0, 0.05) is 29.4 Å². The maximum absolute atomic E-state index is 4.69. The van der Waals surface area contributed by atoms with Gasteiger partial charge in [0.25, 0.3) is 0 Å². The zero-order valence-electron chi connectivity index (χ0n) is 15.6. The van der Waals surface area contributed by atoms with Gasteiger partial charge < -0.3 is 5.32 Å². The predicted octanol–water partition coefficient (Wildman–Crippen LogP) is 5.28. The zero-order valence-corrected chi connectivity index (χ0v) is 15.6. The van der Waals surface area contributed by atoms with E-state index in [1.54, 1.807) is 0 Å². The van der Waals surface area contributed by atoms with Crippen LogP contribution in [0.5, 0.6) is 0 Å². The highest BCUT2D eigenvalue weighted by Crippen LogP contribution is 2.39. The maximum atomic E-state index is 4.69. The fraction of sp³-hybridized carbons (Fsp3) is 0.450. The third kappa shape index (κ3) is 4.35. The van der Waals surface area contributed by atoms with Crippen molar-refractivity contribution in [2.75, 3.05) is 5.32 Å². The number of nitrogens with one attached hydrogen (secondary N) is 2. The van der Waals surface area contributed by atoms with Gasteiger partial charge in [0.2, 0.25) is 0 Å². The number of hydrogen-bond acceptors (Lipinski definition) is 4. The molecule has 1 saturated carbocycles. The van der Waals surface area contributed by atoms with Gasteiger partial charge in [-0.05, 0) is 45.1 Å². The molecule has 0 unspecified atom stereocenters. The Kier molecular flexibility index (Phi) is 5.31. The van der Waals surface area contributed by atoms with Crippen molar-refractivity contribution in [1.29, 1.82) is 0 Å². The summed E-state index contributed by atoms with van der Waals surface area (Å²) in [5.74, 6) is 3.03. The largest absolute Gasteiger partial charge is 0.323 e. The summed E-state index contributed by atoms with van der Waals surface area (Å²) in [6.45, 7) is 8.42. The molecule has 0 spiro atoms. The minimum Gasteiger partial charge on any atom is -0.323 e. The normalized spacial score (nSPS) is 14.5. The van der Waals surface area contributed by atoms with Gasteiger partial charge in [-0.15, -0.1) is 0 Å². The molecule has 132 valence electrons. The number of H-pyrrole nitrogens is 1. The Labute approximate surface area is 149 Å². The average Bonchev–Trinajstić information content (AvgIpc) is 3.37. The van der Waals surface area contributed by atoms with Gasteiger partial charge in [0.15, 0.2) is 11.6 Å². The molecular formula is C20H27N5. The summed E-state index contributed by atoms with van der Waals surface area (Å²) >= 11 is 0. The molecule has 1 fully saturated rings. The molecule has 0 atom stereocenters. The lowest BCUT2D eigenvalue weighted by atomic mass is 10.1. The monoisotopic (exact) mass is 337 g/mol. The second-order valence-corrected chi connectivity index (χ2v) is 6.71. The van der Waals surface area contributed by atoms with Crippen molar-refractivity contribution in [3.05, 3.63) is 47.1 Å². The second kappa shape index (κ2) is 7.64. The Bertz CT molecular complexity index is 790. The molecule has 0 aromatic carbocycles. The van der Waals surface area contributed by atoms with Gasteiger partial charge in [-0.25, -0.2) is 9.97 Å². The van der Waals surface area contributed by atoms with Crippen LogP contribution in [-0.2, 0) is 0 Å². The highest BCUT2D eigenvalue weighted by atomic mass is 15.2. The van der Waals surface area contributed by atoms with Crippen LogP contribution >= 0.6 is 0 Å². The van der Waals surface area contributed by atoms with E-state index in [0.717, 1.165) is 41.4 Å². The van der Waals surface area contributed by atoms with E-state index < -0.39 is 0 Å². The number of hydrogen-bond donors (Lipinski definition) is 2. The van der Waals surface area contributed by atoms with Crippen LogP contribution < -0.4 is 5.32 Å². The summed E-state index contributed by atoms with van der Waals surface area (Å²) in [7, 11) is 0. The van der Waals surface area contributed by atoms with Crippen molar-refractivity contribution >= 4 is 17.2 Å². The van der Waals surface area contributed by atoms with E-state index in [1.807, 2.05) is 20.0 Å². The van der Waals surface area contributed by atoms with Crippen molar-refractivity contribution in [2.45, 2.75) is 59.3 Å². The van der Waals surface area contributed by atoms with Gasteiger partial charge >= 0.3 is 0 Å². The van der Waals surface area contributed by atoms with Crippen molar-refractivity contribution < 1.29 is 0 Å². The molecule has 0 radical (unpaired) electrons. The maximum Gasteiger partial charge on any atom is 0.157 e. The first-order chi connectivity index (χ1) is 12.1. The topological polar surface area (TPSA) is 66.5 Å². The number of rotatable bonds is 7. The lowest BCUT2D eigenvalue weighted by molar-refractivity contribution is 0.965. The van der Waals surface area contributed by atoms with Crippen molar-refractivity contribution in [3.8, 4) is 0 Å². The van der Waals surface area contributed by atoms with Gasteiger partial charge in [-0.3, -0.25) is 5.10 Å². The number of aryl methyl sites for hydroxylation is 1. The summed E-state index contributed by atoms with van der Waals surface area (Å²) in [5.41, 5.74) is 4.70. The molecule has 2 N–H and O–H groups in total. The highest BCUT2D eigenvalue weighted by Gasteiger charge is 2.25. The van der Waals surface area contributed by atoms with E-state index in [-0.39, 0.29) is 0 Å². The molecule has 3 rings (SSSR count). The molecule has 2 aromatic rings. The SMILES string of the molecule is CCC(=C/C=C(\C)c1ncc(C)c(Nc2cc(C3CC3)[nH]n2)n1)CC. The van der Waals surface area contributed by atoms with E-state index in [4.69, 9.17) is 4.98 Å². The Hall–Kier alpha value is -2.43. The summed E-state index contributed by atoms with van der Waals surface area (Å²) < 4.78 is 0. The van der Waals surface area contributed by atoms with Crippen LogP contribution in [-0.4, -0.2) is 20.2 Å². The van der Waals surface area contributed by atoms with Crippen molar-refractivity contribution in [2.24, 2.45) is 0 Å². The summed E-state index contributed by atoms with van der Waals surface area (Å²) in [6.07, 6.45) is 10.8. The van der Waals surface area contributed by atoms with Crippen LogP contribution in [0.2, 0.25) is 0 Å². The average molecular weight is 337 g/mol. The number of allylic oxidation sites excluding steroid dienone is 4. The molecule has 0 bridgehead atoms. The Morgan fingerprint density at radius 3 is 2.72 bits per heavy atom. The third-order valence-corrected chi connectivity index (χ3v) is 4.66. The number of nitrogens with zero attached hydrogens (tertiary/aromatic N) is 3. The fourth-order valence-electron chi connectivity index (χ4n) is 2.69. The summed E-state index contributed by atoms with van der Waals surface area (Å²) in [5, 5.41) is 10.8. The first-order valence-corrected chi connectivity index (χ1v) is 9.13. The van der Waals surface area contributed by atoms with E-state index in [2.05, 4.69) is 52.6 Å². The first kappa shape index (κ1) is 17.4. The summed E-state index contributed by atoms with van der Waals surface area (Å²) in [4.78, 5) is 9.17. The first-order valence-electron chi connectivity index (χ1n) is 9.13. The quantitative estimate of drug-likeness (QED) is 0.675. The van der Waals surface area contributed by atoms with Crippen LogP contribution in [0.25, 0.3) is 5.57 Å². The van der Waals surface area contributed by atoms with Gasteiger partial charge in [-0.1, -0.05) is 31.6 Å². The standard InChI is InChI=1S/C20H27N5/c1-5-15(6-2)8-7-13(3)19-21-12-14(4)20(23-19)22-18-11-17(24-25-18)16-9-10-16/h7-8,11-12,16H,5-6,9-10H2,1-4H3,(H2,21,22,23,24,25)/b13-7+. The van der Waals surface area contributed by atoms with Crippen LogP contribution in [0, 0.1) is 6.92 Å². The molecule has 2 heterocycles. The minimum absolute atomic E-state index is 0.661. The molecule has 1 aliphatic carbocycles. The molecule has 1 aliphatic rings. The van der Waals surface area contributed by atoms with Crippen molar-refractivity contribution in [3.63, 3.8) is 0 Å². The van der Waals surface area contributed by atoms with E-state index >= 15 is 0 Å². The Morgan fingerprint density at radius 2 is 2.04 bits per heavy atom. The molecular weight excluding hydrogens is 310 g/mol. The molecule has 5 nitrogen and oxygen atoms in total. The van der Waals surface area contributed by atoms with Crippen LogP contribution in [0.1, 0.15) is 69.5 Å². The molecule has 5 heteroatoms. The lowest BCUT2D eigenvalue weighted by Gasteiger charge is -2.08. The summed E-state index contributed by atoms with van der Waals surface area (Å²) in [6, 6.07) is 2.08. The third-order valence-electron chi connectivity index (χ3n) is 4.66. The van der Waals surface area contributed by atoms with E-state index in [1.165, 1.54) is 24.1 Å². The number of anilines is 2. The highest BCUT2D eigenvalue weighted by molar-refractivity contribution is 5.63. The molecule has 2 aromatic heterocycles. The zero-order chi connectivity index (χ0) is 17.8. The second-order valence-electron chi connectivity index (χ2n) is 6.71. The molecule has 0 saturated heterocycles. The minimum atomic E-state index is 0.661. The number of aromatic nitrogens is 4. The number of aromatic amines is 1. The molecule has 0 aliphatic heterocycles. The fourth-order valence-corrected chi connectivity index (χ4v) is 2.69. The predicted molar refractivity (Wildman–Crippen MR) is 103 cm³/mol. The lowest BCUT2D eigenvalue weighted by Crippen LogP contribution is -2.01. The van der Waals surface area contributed by atoms with Crippen LogP contribution in [0.15, 0.2) is 30.0 Å². The smallest absolute Gasteiger partial charge is 0.157 e. The van der Waals surface area contributed by atoms with E-state index in [0.29, 0.717) is 5.92 Å². The molecule has 25 heavy (non-hydrogen) atoms. The van der Waals surface area contributed by atoms with Crippen LogP contribution in [0.4, 0.5) is 11.6 Å². The van der Waals surface area contributed by atoms with Gasteiger partial charge in [0.05, 0.1) is 0 Å². The van der Waals surface area contributed by atoms with Crippen molar-refractivity contribution in [1.82, 2.24) is 20.2 Å². The molecule has 0 amide bonds. The Balaban J connectivity index is 1.79. The van der Waals surface area contributed by atoms with Gasteiger partial charge in [0.1, 0.15) is 5.82 Å². The Morgan fingerprint density at radius 1 is 1.28 bits per heavy atom.